The van der Waals surface area contributed by atoms with Crippen molar-refractivity contribution in [1.29, 1.82) is 0 Å². The molecule has 0 aromatic heterocycles. The molecule has 3 rings (SSSR count). The number of rotatable bonds is 11. The van der Waals surface area contributed by atoms with Crippen molar-refractivity contribution in [3.63, 3.8) is 0 Å². The van der Waals surface area contributed by atoms with Gasteiger partial charge in [-0.25, -0.2) is 13.1 Å². The van der Waals surface area contributed by atoms with Crippen LogP contribution in [0, 0.1) is 6.92 Å². The van der Waals surface area contributed by atoms with Gasteiger partial charge in [-0.1, -0.05) is 68.8 Å². The summed E-state index contributed by atoms with van der Waals surface area (Å²) in [6.07, 6.45) is 0. The molecule has 0 radical (unpaired) electrons. The summed E-state index contributed by atoms with van der Waals surface area (Å²) in [4.78, 5) is 1.26. The van der Waals surface area contributed by atoms with E-state index < -0.39 is 24.4 Å². The minimum absolute atomic E-state index is 0.00124. The number of methoxy groups -OCH3 is 1. The maximum Gasteiger partial charge on any atom is 0.240 e. The number of thioether (sulfide) groups is 1. The van der Waals surface area contributed by atoms with Gasteiger partial charge in [0.05, 0.1) is 29.9 Å². The van der Waals surface area contributed by atoms with E-state index in [1.54, 1.807) is 31.0 Å². The lowest BCUT2D eigenvalue weighted by Gasteiger charge is -2.38. The molecule has 0 fully saturated rings. The van der Waals surface area contributed by atoms with Gasteiger partial charge in [-0.3, -0.25) is 0 Å². The van der Waals surface area contributed by atoms with Crippen LogP contribution in [0.1, 0.15) is 37.1 Å². The molecule has 5 nitrogen and oxygen atoms in total. The highest BCUT2D eigenvalue weighted by Crippen LogP contribution is 2.41. The first-order valence-corrected chi connectivity index (χ1v) is 17.7. The number of benzene rings is 3. The smallest absolute Gasteiger partial charge is 0.240 e. The van der Waals surface area contributed by atoms with Gasteiger partial charge in [0.25, 0.3) is 0 Å². The van der Waals surface area contributed by atoms with Crippen LogP contribution >= 0.6 is 11.8 Å². The molecular weight excluding hydrogens is 519 g/mol. The van der Waals surface area contributed by atoms with E-state index >= 15 is 0 Å². The van der Waals surface area contributed by atoms with Gasteiger partial charge >= 0.3 is 0 Å². The largest absolute Gasteiger partial charge is 0.497 e. The molecule has 37 heavy (non-hydrogen) atoms. The Kier molecular flexibility index (Phi) is 9.69. The third-order valence-corrected chi connectivity index (χ3v) is 14.3. The number of sulfonamides is 1. The molecule has 0 saturated carbocycles. The predicted molar refractivity (Wildman–Crippen MR) is 156 cm³/mol. The number of ether oxygens (including phenoxy) is 1. The van der Waals surface area contributed by atoms with Crippen LogP contribution < -0.4 is 9.46 Å². The standard InChI is InChI=1S/C29H39NO4S2Si/c1-22-13-19-26(20-14-22)36(31,32)30-27(21-34-37(6,7)29(2,3)4)28(23-11-9-8-10-12-23)35-25-17-15-24(33-5)16-18-25/h8-20,27-28,30H,21H2,1-7H3/t27-,28+/m1/s1. The average Bonchev–Trinajstić information content (AvgIpc) is 2.85. The molecule has 0 unspecified atom stereocenters. The van der Waals surface area contributed by atoms with Gasteiger partial charge in [-0.2, -0.15) is 0 Å². The van der Waals surface area contributed by atoms with Gasteiger partial charge in [-0.15, -0.1) is 11.8 Å². The second-order valence-electron chi connectivity index (χ2n) is 10.7. The molecule has 0 aliphatic carbocycles. The van der Waals surface area contributed by atoms with Crippen LogP contribution in [0.3, 0.4) is 0 Å². The Morgan fingerprint density at radius 3 is 2.05 bits per heavy atom. The normalized spacial score (nSPS) is 14.2. The molecule has 3 aromatic carbocycles. The fraction of sp³-hybridized carbons (Fsp3) is 0.379. The van der Waals surface area contributed by atoms with Gasteiger partial charge in [0.15, 0.2) is 8.32 Å². The summed E-state index contributed by atoms with van der Waals surface area (Å²) in [5, 5.41) is -0.224. The van der Waals surface area contributed by atoms with E-state index in [4.69, 9.17) is 9.16 Å². The Balaban J connectivity index is 2.02. The summed E-state index contributed by atoms with van der Waals surface area (Å²) in [6, 6.07) is 24.3. The van der Waals surface area contributed by atoms with Crippen molar-refractivity contribution >= 4 is 30.1 Å². The van der Waals surface area contributed by atoms with Crippen molar-refractivity contribution in [3.05, 3.63) is 90.0 Å². The van der Waals surface area contributed by atoms with E-state index in [1.165, 1.54) is 0 Å². The summed E-state index contributed by atoms with van der Waals surface area (Å²) < 4.78 is 42.1. The van der Waals surface area contributed by atoms with Crippen molar-refractivity contribution in [2.24, 2.45) is 0 Å². The lowest BCUT2D eigenvalue weighted by molar-refractivity contribution is 0.252. The Hall–Kier alpha value is -2.10. The second kappa shape index (κ2) is 12.2. The summed E-state index contributed by atoms with van der Waals surface area (Å²) in [7, 11) is -4.28. The maximum atomic E-state index is 13.6. The van der Waals surface area contributed by atoms with Crippen LogP contribution in [0.15, 0.2) is 88.7 Å². The third kappa shape index (κ3) is 7.94. The zero-order valence-corrected chi connectivity index (χ0v) is 25.4. The summed E-state index contributed by atoms with van der Waals surface area (Å²) in [6.45, 7) is 13.1. The van der Waals surface area contributed by atoms with E-state index in [0.717, 1.165) is 21.8 Å². The maximum absolute atomic E-state index is 13.6. The van der Waals surface area contributed by atoms with Gasteiger partial charge in [0.1, 0.15) is 5.75 Å². The average molecular weight is 558 g/mol. The second-order valence-corrected chi connectivity index (χ2v) is 18.5. The van der Waals surface area contributed by atoms with Crippen molar-refractivity contribution in [2.75, 3.05) is 13.7 Å². The Bertz CT molecular complexity index is 1240. The molecule has 200 valence electrons. The highest BCUT2D eigenvalue weighted by Gasteiger charge is 2.39. The molecule has 3 aromatic rings. The van der Waals surface area contributed by atoms with Crippen LogP contribution in [0.25, 0.3) is 0 Å². The molecular formula is C29H39NO4S2Si. The Morgan fingerprint density at radius 2 is 1.51 bits per heavy atom. The molecule has 0 heterocycles. The van der Waals surface area contributed by atoms with Gasteiger partial charge in [0.2, 0.25) is 10.0 Å². The summed E-state index contributed by atoms with van der Waals surface area (Å²) in [5.74, 6) is 0.776. The molecule has 0 aliphatic heterocycles. The SMILES string of the molecule is COc1ccc(S[C@@H](c2ccccc2)[C@@H](CO[Si](C)(C)C(C)(C)C)NS(=O)(=O)c2ccc(C)cc2)cc1. The van der Waals surface area contributed by atoms with E-state index in [2.05, 4.69) is 38.6 Å². The molecule has 8 heteroatoms. The predicted octanol–water partition coefficient (Wildman–Crippen LogP) is 7.21. The molecule has 0 saturated heterocycles. The fourth-order valence-corrected chi connectivity index (χ4v) is 7.05. The highest BCUT2D eigenvalue weighted by molar-refractivity contribution is 7.99. The van der Waals surface area contributed by atoms with Crippen molar-refractivity contribution in [2.45, 2.75) is 66.9 Å². The number of nitrogens with one attached hydrogen (secondary N) is 1. The van der Waals surface area contributed by atoms with Crippen molar-refractivity contribution in [1.82, 2.24) is 4.72 Å². The van der Waals surface area contributed by atoms with Crippen LogP contribution in [-0.2, 0) is 14.4 Å². The fourth-order valence-electron chi connectivity index (χ4n) is 3.51. The quantitative estimate of drug-likeness (QED) is 0.199. The van der Waals surface area contributed by atoms with Gasteiger partial charge in [-0.05, 0) is 67.0 Å². The molecule has 0 spiro atoms. The minimum Gasteiger partial charge on any atom is -0.497 e. The molecule has 0 aliphatic rings. The molecule has 0 bridgehead atoms. The third-order valence-electron chi connectivity index (χ3n) is 6.88. The molecule has 1 N–H and O–H groups in total. The number of hydrogen-bond donors (Lipinski definition) is 1. The van der Waals surface area contributed by atoms with Gasteiger partial charge in [0, 0.05) is 4.90 Å². The van der Waals surface area contributed by atoms with E-state index in [-0.39, 0.29) is 21.8 Å². The topological polar surface area (TPSA) is 64.6 Å². The zero-order chi connectivity index (χ0) is 27.3. The van der Waals surface area contributed by atoms with Crippen molar-refractivity contribution in [3.8, 4) is 5.75 Å². The lowest BCUT2D eigenvalue weighted by atomic mass is 10.1. The number of hydrogen-bond acceptors (Lipinski definition) is 5. The molecule has 2 atom stereocenters. The van der Waals surface area contributed by atoms with Gasteiger partial charge < -0.3 is 9.16 Å². The zero-order valence-electron chi connectivity index (χ0n) is 22.8. The first-order valence-electron chi connectivity index (χ1n) is 12.4. The highest BCUT2D eigenvalue weighted by atomic mass is 32.2. The van der Waals surface area contributed by atoms with Crippen LogP contribution in [0.4, 0.5) is 0 Å². The summed E-state index contributed by atoms with van der Waals surface area (Å²) in [5.41, 5.74) is 2.03. The Labute approximate surface area is 228 Å². The van der Waals surface area contributed by atoms with Crippen LogP contribution in [0.5, 0.6) is 5.75 Å². The first kappa shape index (κ1) is 29.5. The van der Waals surface area contributed by atoms with Crippen LogP contribution in [0.2, 0.25) is 18.1 Å². The van der Waals surface area contributed by atoms with E-state index in [1.807, 2.05) is 73.7 Å². The molecule has 0 amide bonds. The summed E-state index contributed by atoms with van der Waals surface area (Å²) >= 11 is 1.62. The minimum atomic E-state index is -3.78. The van der Waals surface area contributed by atoms with Crippen LogP contribution in [-0.4, -0.2) is 36.5 Å². The monoisotopic (exact) mass is 557 g/mol. The first-order chi connectivity index (χ1) is 17.3. The lowest BCUT2D eigenvalue weighted by Crippen LogP contribution is -2.47. The number of aryl methyl sites for hydroxylation is 1. The van der Waals surface area contributed by atoms with E-state index in [0.29, 0.717) is 0 Å². The van der Waals surface area contributed by atoms with E-state index in [9.17, 15) is 8.42 Å². The Morgan fingerprint density at radius 1 is 0.919 bits per heavy atom. The van der Waals surface area contributed by atoms with Crippen molar-refractivity contribution < 1.29 is 17.6 Å².